The maximum absolute atomic E-state index is 13.3. The first kappa shape index (κ1) is 22.0. The molecule has 4 aromatic rings. The summed E-state index contributed by atoms with van der Waals surface area (Å²) in [5.74, 6) is 0.579. The van der Waals surface area contributed by atoms with Crippen LogP contribution in [-0.2, 0) is 26.6 Å². The first-order valence-corrected chi connectivity index (χ1v) is 13.9. The lowest BCUT2D eigenvalue weighted by atomic mass is 10.1. The van der Waals surface area contributed by atoms with Crippen molar-refractivity contribution < 1.29 is 16.8 Å². The van der Waals surface area contributed by atoms with Gasteiger partial charge in [0.15, 0.2) is 5.65 Å². The van der Waals surface area contributed by atoms with Crippen molar-refractivity contribution >= 4 is 42.1 Å². The molecule has 0 bridgehead atoms. The number of sulfonamides is 1. The average Bonchev–Trinajstić information content (AvgIpc) is 3.40. The van der Waals surface area contributed by atoms with Gasteiger partial charge in [0.2, 0.25) is 10.0 Å². The third-order valence-electron chi connectivity index (χ3n) is 5.87. The zero-order valence-electron chi connectivity index (χ0n) is 18.0. The molecule has 3 aromatic heterocycles. The number of benzene rings is 1. The Labute approximate surface area is 191 Å². The average molecular weight is 489 g/mol. The fraction of sp³-hybridized carbons (Fsp3) is 0.333. The Hall–Kier alpha value is -2.80. The summed E-state index contributed by atoms with van der Waals surface area (Å²) in [4.78, 5) is 9.27. The number of piperidine rings is 1. The van der Waals surface area contributed by atoms with Crippen molar-refractivity contribution in [2.75, 3.05) is 19.3 Å². The van der Waals surface area contributed by atoms with E-state index >= 15 is 0 Å². The summed E-state index contributed by atoms with van der Waals surface area (Å²) >= 11 is 0. The van der Waals surface area contributed by atoms with Crippen LogP contribution >= 0.6 is 0 Å². The molecule has 1 saturated heterocycles. The molecule has 2 N–H and O–H groups in total. The Balaban J connectivity index is 1.71. The number of imidazole rings is 1. The van der Waals surface area contributed by atoms with Crippen molar-refractivity contribution in [3.63, 3.8) is 0 Å². The van der Waals surface area contributed by atoms with Crippen LogP contribution in [0.25, 0.3) is 22.1 Å². The lowest BCUT2D eigenvalue weighted by Gasteiger charge is -2.26. The van der Waals surface area contributed by atoms with E-state index < -0.39 is 20.0 Å². The topological polar surface area (TPSA) is 128 Å². The van der Waals surface area contributed by atoms with Gasteiger partial charge in [-0.3, -0.25) is 0 Å². The van der Waals surface area contributed by atoms with Crippen LogP contribution in [0.15, 0.2) is 53.7 Å². The molecular weight excluding hydrogens is 464 g/mol. The number of pyridine rings is 1. The Kier molecular flexibility index (Phi) is 5.47. The van der Waals surface area contributed by atoms with Gasteiger partial charge in [-0.05, 0) is 44.1 Å². The monoisotopic (exact) mass is 488 g/mol. The maximum Gasteiger partial charge on any atom is 0.269 e. The Bertz CT molecular complexity index is 1540. The third-order valence-corrected chi connectivity index (χ3v) is 8.22. The van der Waals surface area contributed by atoms with Crippen LogP contribution in [0, 0.1) is 0 Å². The van der Waals surface area contributed by atoms with Gasteiger partial charge in [-0.1, -0.05) is 18.2 Å². The number of fused-ring (bicyclic) bond motifs is 3. The maximum atomic E-state index is 13.3. The van der Waals surface area contributed by atoms with Crippen LogP contribution < -0.4 is 10.0 Å². The van der Waals surface area contributed by atoms with Crippen LogP contribution in [0.5, 0.6) is 0 Å². The van der Waals surface area contributed by atoms with E-state index in [-0.39, 0.29) is 17.5 Å². The predicted molar refractivity (Wildman–Crippen MR) is 125 cm³/mol. The standard InChI is InChI=1S/C21H24N6O4S2/c1-32(28,29)24-14-19-25-18-13-23-21-17(20(18)27(19)15-7-10-22-11-8-15)9-12-26(21)33(30,31)16-5-3-2-4-6-16/h2-6,9,12-13,15,22,24H,7-8,10-11,14H2,1H3. The summed E-state index contributed by atoms with van der Waals surface area (Å²) in [5.41, 5.74) is 1.67. The predicted octanol–water partition coefficient (Wildman–Crippen LogP) is 1.60. The van der Waals surface area contributed by atoms with Gasteiger partial charge in [-0.25, -0.2) is 35.5 Å². The van der Waals surface area contributed by atoms with Crippen LogP contribution in [0.3, 0.4) is 0 Å². The molecule has 0 spiro atoms. The summed E-state index contributed by atoms with van der Waals surface area (Å²) in [6.07, 6.45) is 5.87. The molecule has 174 valence electrons. The van der Waals surface area contributed by atoms with E-state index in [1.165, 1.54) is 10.2 Å². The van der Waals surface area contributed by atoms with Crippen molar-refractivity contribution in [2.45, 2.75) is 30.3 Å². The Morgan fingerprint density at radius 2 is 1.82 bits per heavy atom. The summed E-state index contributed by atoms with van der Waals surface area (Å²) < 4.78 is 55.8. The zero-order chi connectivity index (χ0) is 23.2. The highest BCUT2D eigenvalue weighted by Gasteiger charge is 2.26. The van der Waals surface area contributed by atoms with Crippen LogP contribution in [0.1, 0.15) is 24.7 Å². The lowest BCUT2D eigenvalue weighted by Crippen LogP contribution is -2.31. The second-order valence-electron chi connectivity index (χ2n) is 8.13. The summed E-state index contributed by atoms with van der Waals surface area (Å²) in [6, 6.07) is 10.1. The molecule has 0 aliphatic carbocycles. The molecule has 1 fully saturated rings. The molecule has 1 aromatic carbocycles. The van der Waals surface area contributed by atoms with Gasteiger partial charge < -0.3 is 9.88 Å². The summed E-state index contributed by atoms with van der Waals surface area (Å²) in [5, 5.41) is 3.99. The molecule has 12 heteroatoms. The molecule has 0 amide bonds. The largest absolute Gasteiger partial charge is 0.323 e. The van der Waals surface area contributed by atoms with E-state index in [0.29, 0.717) is 22.4 Å². The van der Waals surface area contributed by atoms with Gasteiger partial charge in [0.1, 0.15) is 11.3 Å². The normalized spacial score (nSPS) is 16.0. The molecule has 1 aliphatic rings. The fourth-order valence-corrected chi connectivity index (χ4v) is 6.09. The number of hydrogen-bond acceptors (Lipinski definition) is 7. The molecule has 1 aliphatic heterocycles. The highest BCUT2D eigenvalue weighted by atomic mass is 32.2. The number of aromatic nitrogens is 4. The zero-order valence-corrected chi connectivity index (χ0v) is 19.6. The van der Waals surface area contributed by atoms with Crippen molar-refractivity contribution in [1.29, 1.82) is 0 Å². The molecule has 0 unspecified atom stereocenters. The molecule has 4 heterocycles. The molecule has 0 saturated carbocycles. The van der Waals surface area contributed by atoms with Crippen molar-refractivity contribution in [3.8, 4) is 0 Å². The van der Waals surface area contributed by atoms with Gasteiger partial charge in [-0.2, -0.15) is 0 Å². The molecule has 10 nitrogen and oxygen atoms in total. The molecule has 33 heavy (non-hydrogen) atoms. The molecule has 0 radical (unpaired) electrons. The van der Waals surface area contributed by atoms with Crippen molar-refractivity contribution in [2.24, 2.45) is 0 Å². The lowest BCUT2D eigenvalue weighted by molar-refractivity contribution is 0.366. The smallest absolute Gasteiger partial charge is 0.269 e. The summed E-state index contributed by atoms with van der Waals surface area (Å²) in [7, 11) is -7.24. The van der Waals surface area contributed by atoms with Crippen LogP contribution in [0.2, 0.25) is 0 Å². The van der Waals surface area contributed by atoms with E-state index in [1.54, 1.807) is 42.6 Å². The van der Waals surface area contributed by atoms with Crippen LogP contribution in [0.4, 0.5) is 0 Å². The van der Waals surface area contributed by atoms with Crippen molar-refractivity contribution in [1.82, 2.24) is 28.5 Å². The van der Waals surface area contributed by atoms with E-state index in [0.717, 1.165) is 37.7 Å². The number of rotatable bonds is 6. The third kappa shape index (κ3) is 4.03. The van der Waals surface area contributed by atoms with Gasteiger partial charge in [0.25, 0.3) is 10.0 Å². The van der Waals surface area contributed by atoms with Crippen molar-refractivity contribution in [3.05, 3.63) is 54.6 Å². The van der Waals surface area contributed by atoms with E-state index in [9.17, 15) is 16.8 Å². The number of hydrogen-bond donors (Lipinski definition) is 2. The Morgan fingerprint density at radius 1 is 1.09 bits per heavy atom. The van der Waals surface area contributed by atoms with Gasteiger partial charge >= 0.3 is 0 Å². The minimum absolute atomic E-state index is 0.0436. The van der Waals surface area contributed by atoms with E-state index in [2.05, 4.69) is 24.6 Å². The first-order chi connectivity index (χ1) is 15.8. The fourth-order valence-electron chi connectivity index (χ4n) is 4.37. The number of nitrogens with one attached hydrogen (secondary N) is 2. The van der Waals surface area contributed by atoms with Gasteiger partial charge in [0.05, 0.1) is 29.4 Å². The van der Waals surface area contributed by atoms with Gasteiger partial charge in [0, 0.05) is 17.6 Å². The highest BCUT2D eigenvalue weighted by Crippen LogP contribution is 2.32. The second-order valence-corrected chi connectivity index (χ2v) is 11.8. The van der Waals surface area contributed by atoms with Crippen LogP contribution in [-0.4, -0.2) is 54.7 Å². The minimum Gasteiger partial charge on any atom is -0.323 e. The minimum atomic E-state index is -3.83. The quantitative estimate of drug-likeness (QED) is 0.422. The first-order valence-electron chi connectivity index (χ1n) is 10.6. The summed E-state index contributed by atoms with van der Waals surface area (Å²) in [6.45, 7) is 1.71. The second kappa shape index (κ2) is 8.20. The molecular formula is C21H24N6O4S2. The number of nitrogens with zero attached hydrogens (tertiary/aromatic N) is 4. The molecule has 5 rings (SSSR count). The van der Waals surface area contributed by atoms with E-state index in [4.69, 9.17) is 0 Å². The molecule has 0 atom stereocenters. The Morgan fingerprint density at radius 3 is 2.52 bits per heavy atom. The van der Waals surface area contributed by atoms with E-state index in [1.807, 2.05) is 0 Å². The SMILES string of the molecule is CS(=O)(=O)NCc1nc2cnc3c(ccn3S(=O)(=O)c3ccccc3)c2n1C1CCNCC1. The highest BCUT2D eigenvalue weighted by molar-refractivity contribution is 7.90. The van der Waals surface area contributed by atoms with Gasteiger partial charge in [-0.15, -0.1) is 0 Å².